The summed E-state index contributed by atoms with van der Waals surface area (Å²) in [5.74, 6) is -0.105. The average Bonchev–Trinajstić information content (AvgIpc) is 2.69. The zero-order valence-electron chi connectivity index (χ0n) is 8.68. The van der Waals surface area contributed by atoms with Crippen LogP contribution in [0.5, 0.6) is 0 Å². The first-order valence-corrected chi connectivity index (χ1v) is 4.85. The first kappa shape index (κ1) is 9.83. The minimum absolute atomic E-state index is 0.104. The first-order chi connectivity index (χ1) is 7.20. The number of hydrogen-bond donors (Lipinski definition) is 0. The minimum atomic E-state index is -0.209. The molecule has 0 radical (unpaired) electrons. The maximum absolute atomic E-state index is 13.6. The number of aromatic nitrogens is 3. The van der Waals surface area contributed by atoms with Gasteiger partial charge in [0.25, 0.3) is 0 Å². The van der Waals surface area contributed by atoms with Crippen LogP contribution < -0.4 is 0 Å². The molecule has 1 heterocycles. The van der Waals surface area contributed by atoms with Gasteiger partial charge in [0.15, 0.2) is 0 Å². The van der Waals surface area contributed by atoms with Gasteiger partial charge >= 0.3 is 0 Å². The summed E-state index contributed by atoms with van der Waals surface area (Å²) in [5.41, 5.74) is 1.35. The van der Waals surface area contributed by atoms with Crippen molar-refractivity contribution in [3.05, 3.63) is 42.0 Å². The highest BCUT2D eigenvalue weighted by atomic mass is 19.1. The maximum atomic E-state index is 13.6. The Hall–Kier alpha value is -1.71. The molecule has 0 N–H and O–H groups in total. The second-order valence-corrected chi connectivity index (χ2v) is 3.65. The van der Waals surface area contributed by atoms with E-state index >= 15 is 0 Å². The standard InChI is InChI=1S/C11H12FN3/c1-8(2)11-9(12)4-3-5-10(11)15-13-6-7-14-15/h3-8H,1-2H3. The maximum Gasteiger partial charge on any atom is 0.128 e. The predicted octanol–water partition coefficient (Wildman–Crippen LogP) is 2.53. The summed E-state index contributed by atoms with van der Waals surface area (Å²) in [6.45, 7) is 3.90. The Labute approximate surface area is 87.5 Å². The molecule has 0 unspecified atom stereocenters. The quantitative estimate of drug-likeness (QED) is 0.754. The lowest BCUT2D eigenvalue weighted by Gasteiger charge is -2.12. The number of halogens is 1. The van der Waals surface area contributed by atoms with Gasteiger partial charge in [-0.25, -0.2) is 4.39 Å². The zero-order valence-corrected chi connectivity index (χ0v) is 8.68. The van der Waals surface area contributed by atoms with E-state index in [2.05, 4.69) is 10.2 Å². The van der Waals surface area contributed by atoms with Crippen molar-refractivity contribution in [2.45, 2.75) is 19.8 Å². The molecular weight excluding hydrogens is 193 g/mol. The molecule has 0 saturated heterocycles. The molecule has 0 atom stereocenters. The van der Waals surface area contributed by atoms with Crippen LogP contribution in [0.3, 0.4) is 0 Å². The van der Waals surface area contributed by atoms with E-state index in [0.29, 0.717) is 11.3 Å². The second-order valence-electron chi connectivity index (χ2n) is 3.65. The van der Waals surface area contributed by atoms with Crippen LogP contribution in [-0.4, -0.2) is 15.0 Å². The van der Waals surface area contributed by atoms with Crippen LogP contribution in [0.25, 0.3) is 5.69 Å². The van der Waals surface area contributed by atoms with E-state index in [1.807, 2.05) is 19.9 Å². The third-order valence-electron chi connectivity index (χ3n) is 2.24. The molecule has 3 nitrogen and oxygen atoms in total. The van der Waals surface area contributed by atoms with E-state index in [1.54, 1.807) is 18.5 Å². The van der Waals surface area contributed by atoms with E-state index in [9.17, 15) is 4.39 Å². The number of rotatable bonds is 2. The molecule has 4 heteroatoms. The van der Waals surface area contributed by atoms with Crippen LogP contribution in [0.4, 0.5) is 4.39 Å². The van der Waals surface area contributed by atoms with Crippen molar-refractivity contribution >= 4 is 0 Å². The zero-order chi connectivity index (χ0) is 10.8. The SMILES string of the molecule is CC(C)c1c(F)cccc1-n1nccn1. The molecule has 0 bridgehead atoms. The van der Waals surface area contributed by atoms with Gasteiger partial charge < -0.3 is 0 Å². The predicted molar refractivity (Wildman–Crippen MR) is 55.4 cm³/mol. The van der Waals surface area contributed by atoms with E-state index in [-0.39, 0.29) is 11.7 Å². The van der Waals surface area contributed by atoms with E-state index in [4.69, 9.17) is 0 Å². The molecule has 0 spiro atoms. The monoisotopic (exact) mass is 205 g/mol. The lowest BCUT2D eigenvalue weighted by molar-refractivity contribution is 0.589. The van der Waals surface area contributed by atoms with Crippen molar-refractivity contribution in [2.24, 2.45) is 0 Å². The van der Waals surface area contributed by atoms with E-state index < -0.39 is 0 Å². The smallest absolute Gasteiger partial charge is 0.128 e. The number of benzene rings is 1. The summed E-state index contributed by atoms with van der Waals surface area (Å²) in [6, 6.07) is 4.95. The first-order valence-electron chi connectivity index (χ1n) is 4.85. The summed E-state index contributed by atoms with van der Waals surface area (Å²) >= 11 is 0. The molecule has 1 aromatic heterocycles. The van der Waals surface area contributed by atoms with Crippen molar-refractivity contribution in [2.75, 3.05) is 0 Å². The van der Waals surface area contributed by atoms with Gasteiger partial charge in [-0.05, 0) is 18.1 Å². The summed E-state index contributed by atoms with van der Waals surface area (Å²) in [6.07, 6.45) is 3.16. The van der Waals surface area contributed by atoms with Crippen molar-refractivity contribution < 1.29 is 4.39 Å². The highest BCUT2D eigenvalue weighted by Crippen LogP contribution is 2.24. The lowest BCUT2D eigenvalue weighted by Crippen LogP contribution is -2.06. The van der Waals surface area contributed by atoms with Crippen LogP contribution in [0, 0.1) is 5.82 Å². The Morgan fingerprint density at radius 2 is 1.87 bits per heavy atom. The largest absolute Gasteiger partial charge is 0.207 e. The lowest BCUT2D eigenvalue weighted by atomic mass is 10.0. The Morgan fingerprint density at radius 3 is 2.47 bits per heavy atom. The highest BCUT2D eigenvalue weighted by molar-refractivity contribution is 5.42. The molecule has 0 aliphatic carbocycles. The normalized spacial score (nSPS) is 10.9. The van der Waals surface area contributed by atoms with E-state index in [0.717, 1.165) is 0 Å². The average molecular weight is 205 g/mol. The number of nitrogens with zero attached hydrogens (tertiary/aromatic N) is 3. The second kappa shape index (κ2) is 3.81. The van der Waals surface area contributed by atoms with Crippen LogP contribution in [-0.2, 0) is 0 Å². The Kier molecular flexibility index (Phi) is 2.49. The van der Waals surface area contributed by atoms with Gasteiger partial charge in [-0.15, -0.1) is 0 Å². The van der Waals surface area contributed by atoms with Gasteiger partial charge in [-0.2, -0.15) is 15.0 Å². The van der Waals surface area contributed by atoms with Crippen molar-refractivity contribution in [1.82, 2.24) is 15.0 Å². The fraction of sp³-hybridized carbons (Fsp3) is 0.273. The van der Waals surface area contributed by atoms with Crippen LogP contribution in [0.2, 0.25) is 0 Å². The van der Waals surface area contributed by atoms with Gasteiger partial charge in [0.2, 0.25) is 0 Å². The molecule has 0 saturated carbocycles. The topological polar surface area (TPSA) is 30.7 Å². The number of hydrogen-bond acceptors (Lipinski definition) is 2. The molecule has 0 aliphatic heterocycles. The van der Waals surface area contributed by atoms with Crippen molar-refractivity contribution in [3.63, 3.8) is 0 Å². The third kappa shape index (κ3) is 1.75. The van der Waals surface area contributed by atoms with Crippen molar-refractivity contribution in [1.29, 1.82) is 0 Å². The molecule has 78 valence electrons. The molecular formula is C11H12FN3. The Balaban J connectivity index is 2.61. The summed E-state index contributed by atoms with van der Waals surface area (Å²) in [5, 5.41) is 8.02. The summed E-state index contributed by atoms with van der Waals surface area (Å²) in [4.78, 5) is 1.44. The van der Waals surface area contributed by atoms with Crippen LogP contribution >= 0.6 is 0 Å². The van der Waals surface area contributed by atoms with Crippen LogP contribution in [0.15, 0.2) is 30.6 Å². The third-order valence-corrected chi connectivity index (χ3v) is 2.24. The molecule has 1 aromatic carbocycles. The highest BCUT2D eigenvalue weighted by Gasteiger charge is 2.13. The fourth-order valence-electron chi connectivity index (χ4n) is 1.61. The van der Waals surface area contributed by atoms with Gasteiger partial charge in [-0.3, -0.25) is 0 Å². The molecule has 2 rings (SSSR count). The van der Waals surface area contributed by atoms with Gasteiger partial charge in [0.05, 0.1) is 18.1 Å². The van der Waals surface area contributed by atoms with Crippen molar-refractivity contribution in [3.8, 4) is 5.69 Å². The molecule has 0 aliphatic rings. The Bertz CT molecular complexity index is 449. The fourth-order valence-corrected chi connectivity index (χ4v) is 1.61. The molecule has 15 heavy (non-hydrogen) atoms. The molecule has 2 aromatic rings. The van der Waals surface area contributed by atoms with Gasteiger partial charge in [0, 0.05) is 5.56 Å². The van der Waals surface area contributed by atoms with Crippen LogP contribution in [0.1, 0.15) is 25.3 Å². The molecule has 0 amide bonds. The Morgan fingerprint density at radius 1 is 1.20 bits per heavy atom. The summed E-state index contributed by atoms with van der Waals surface area (Å²) < 4.78 is 13.6. The summed E-state index contributed by atoms with van der Waals surface area (Å²) in [7, 11) is 0. The molecule has 0 fully saturated rings. The van der Waals surface area contributed by atoms with Gasteiger partial charge in [-0.1, -0.05) is 19.9 Å². The van der Waals surface area contributed by atoms with Gasteiger partial charge in [0.1, 0.15) is 5.82 Å². The van der Waals surface area contributed by atoms with E-state index in [1.165, 1.54) is 10.9 Å². The minimum Gasteiger partial charge on any atom is -0.207 e.